The smallest absolute Gasteiger partial charge is 0.235 e. The van der Waals surface area contributed by atoms with Crippen LogP contribution in [0.5, 0.6) is 0 Å². The van der Waals surface area contributed by atoms with Gasteiger partial charge < -0.3 is 15.2 Å². The molecule has 0 fully saturated rings. The Morgan fingerprint density at radius 1 is 1.53 bits per heavy atom. The van der Waals surface area contributed by atoms with Crippen LogP contribution >= 0.6 is 12.2 Å². The van der Waals surface area contributed by atoms with E-state index < -0.39 is 5.41 Å². The molecule has 2 N–H and O–H groups in total. The van der Waals surface area contributed by atoms with Gasteiger partial charge >= 0.3 is 0 Å². The lowest BCUT2D eigenvalue weighted by atomic mass is 9.91. The molecule has 0 radical (unpaired) electrons. The minimum absolute atomic E-state index is 0.0285. The Labute approximate surface area is 106 Å². The van der Waals surface area contributed by atoms with E-state index in [0.717, 1.165) is 12.4 Å². The first-order chi connectivity index (χ1) is 7.93. The third-order valence-corrected chi connectivity index (χ3v) is 3.69. The lowest BCUT2D eigenvalue weighted by molar-refractivity contribution is -0.138. The summed E-state index contributed by atoms with van der Waals surface area (Å²) in [7, 11) is 0. The average Bonchev–Trinajstić information content (AvgIpc) is 2.74. The summed E-state index contributed by atoms with van der Waals surface area (Å²) in [6.45, 7) is 5.50. The van der Waals surface area contributed by atoms with Crippen LogP contribution in [-0.2, 0) is 17.9 Å². The zero-order valence-electron chi connectivity index (χ0n) is 10.0. The van der Waals surface area contributed by atoms with Gasteiger partial charge in [-0.05, 0) is 13.8 Å². The highest BCUT2D eigenvalue weighted by Crippen LogP contribution is 2.22. The highest BCUT2D eigenvalue weighted by atomic mass is 32.1. The molecule has 0 saturated heterocycles. The van der Waals surface area contributed by atoms with Crippen molar-refractivity contribution in [2.75, 3.05) is 6.54 Å². The first-order valence-electron chi connectivity index (χ1n) is 5.52. The van der Waals surface area contributed by atoms with E-state index >= 15 is 0 Å². The molecule has 0 atom stereocenters. The van der Waals surface area contributed by atoms with Crippen molar-refractivity contribution in [3.8, 4) is 0 Å². The molecular formula is C11H16N4OS. The molecule has 5 nitrogen and oxygen atoms in total. The first-order valence-corrected chi connectivity index (χ1v) is 5.93. The Hall–Kier alpha value is -1.43. The van der Waals surface area contributed by atoms with Crippen molar-refractivity contribution < 1.29 is 4.79 Å². The lowest BCUT2D eigenvalue weighted by Crippen LogP contribution is -2.49. The number of aromatic nitrogens is 2. The molecule has 2 heterocycles. The van der Waals surface area contributed by atoms with Crippen LogP contribution in [-0.4, -0.2) is 31.9 Å². The summed E-state index contributed by atoms with van der Waals surface area (Å²) in [6.07, 6.45) is 3.68. The van der Waals surface area contributed by atoms with Gasteiger partial charge in [-0.3, -0.25) is 4.79 Å². The fraction of sp³-hybridized carbons (Fsp3) is 0.545. The zero-order valence-corrected chi connectivity index (χ0v) is 10.8. The van der Waals surface area contributed by atoms with Gasteiger partial charge in [0.2, 0.25) is 5.91 Å². The monoisotopic (exact) mass is 252 g/mol. The third kappa shape index (κ3) is 2.04. The van der Waals surface area contributed by atoms with Crippen molar-refractivity contribution in [1.82, 2.24) is 14.5 Å². The van der Waals surface area contributed by atoms with Crippen molar-refractivity contribution >= 4 is 23.1 Å². The Balaban J connectivity index is 2.16. The van der Waals surface area contributed by atoms with Gasteiger partial charge in [0.15, 0.2) is 0 Å². The molecule has 0 bridgehead atoms. The van der Waals surface area contributed by atoms with E-state index in [1.807, 2.05) is 6.20 Å². The van der Waals surface area contributed by atoms with E-state index in [4.69, 9.17) is 18.0 Å². The predicted molar refractivity (Wildman–Crippen MR) is 68.2 cm³/mol. The van der Waals surface area contributed by atoms with Crippen molar-refractivity contribution in [3.05, 3.63) is 18.2 Å². The molecule has 0 spiro atoms. The van der Waals surface area contributed by atoms with E-state index in [1.165, 1.54) is 0 Å². The van der Waals surface area contributed by atoms with Crippen LogP contribution in [0.1, 0.15) is 19.7 Å². The highest BCUT2D eigenvalue weighted by Gasteiger charge is 2.36. The molecule has 92 valence electrons. The Kier molecular flexibility index (Phi) is 2.91. The summed E-state index contributed by atoms with van der Waals surface area (Å²) < 4.78 is 2.05. The predicted octanol–water partition coefficient (Wildman–Crippen LogP) is 0.538. The van der Waals surface area contributed by atoms with Crippen molar-refractivity contribution in [1.29, 1.82) is 0 Å². The first kappa shape index (κ1) is 12.0. The summed E-state index contributed by atoms with van der Waals surface area (Å²) in [5, 5.41) is 0. The van der Waals surface area contributed by atoms with Crippen molar-refractivity contribution in [3.63, 3.8) is 0 Å². The maximum Gasteiger partial charge on any atom is 0.235 e. The van der Waals surface area contributed by atoms with Gasteiger partial charge in [-0.15, -0.1) is 0 Å². The SMILES string of the molecule is CC(C)(C(=O)N1CCn2ccnc2C1)C(N)=S. The zero-order chi connectivity index (χ0) is 12.6. The second-order valence-corrected chi connectivity index (χ2v) is 5.19. The number of nitrogens with two attached hydrogens (primary N) is 1. The molecule has 1 aliphatic rings. The van der Waals surface area contributed by atoms with E-state index in [9.17, 15) is 4.79 Å². The number of carbonyl (C=O) groups excluding carboxylic acids is 1. The maximum atomic E-state index is 12.3. The number of nitrogens with zero attached hydrogens (tertiary/aromatic N) is 3. The Morgan fingerprint density at radius 3 is 2.88 bits per heavy atom. The van der Waals surface area contributed by atoms with Gasteiger partial charge in [0.25, 0.3) is 0 Å². The molecule has 1 aliphatic heterocycles. The average molecular weight is 252 g/mol. The van der Waals surface area contributed by atoms with Crippen LogP contribution in [0.2, 0.25) is 0 Å². The molecule has 6 heteroatoms. The summed E-state index contributed by atoms with van der Waals surface area (Å²) in [6, 6.07) is 0. The topological polar surface area (TPSA) is 64.2 Å². The van der Waals surface area contributed by atoms with Gasteiger partial charge in [0.05, 0.1) is 16.9 Å². The number of hydrogen-bond acceptors (Lipinski definition) is 3. The minimum Gasteiger partial charge on any atom is -0.392 e. The van der Waals surface area contributed by atoms with Crippen LogP contribution in [0.3, 0.4) is 0 Å². The highest BCUT2D eigenvalue weighted by molar-refractivity contribution is 7.80. The van der Waals surface area contributed by atoms with E-state index in [2.05, 4.69) is 9.55 Å². The third-order valence-electron chi connectivity index (χ3n) is 3.18. The number of rotatable bonds is 2. The molecular weight excluding hydrogens is 236 g/mol. The number of hydrogen-bond donors (Lipinski definition) is 1. The van der Waals surface area contributed by atoms with Crippen LogP contribution < -0.4 is 5.73 Å². The van der Waals surface area contributed by atoms with Gasteiger partial charge in [-0.2, -0.15) is 0 Å². The van der Waals surface area contributed by atoms with E-state index in [1.54, 1.807) is 24.9 Å². The van der Waals surface area contributed by atoms with Crippen LogP contribution in [0.15, 0.2) is 12.4 Å². The van der Waals surface area contributed by atoms with Gasteiger partial charge in [0.1, 0.15) is 5.82 Å². The summed E-state index contributed by atoms with van der Waals surface area (Å²) >= 11 is 4.95. The second kappa shape index (κ2) is 4.10. The van der Waals surface area contributed by atoms with Crippen LogP contribution in [0.4, 0.5) is 0 Å². The van der Waals surface area contributed by atoms with Crippen LogP contribution in [0.25, 0.3) is 0 Å². The lowest BCUT2D eigenvalue weighted by Gasteiger charge is -2.33. The van der Waals surface area contributed by atoms with Crippen molar-refractivity contribution in [2.24, 2.45) is 11.1 Å². The molecule has 0 aromatic carbocycles. The normalized spacial score (nSPS) is 15.5. The molecule has 0 aliphatic carbocycles. The van der Waals surface area contributed by atoms with Crippen molar-refractivity contribution in [2.45, 2.75) is 26.9 Å². The van der Waals surface area contributed by atoms with Crippen LogP contribution in [0, 0.1) is 5.41 Å². The van der Waals surface area contributed by atoms with Gasteiger partial charge in [-0.1, -0.05) is 12.2 Å². The number of imidazole rings is 1. The second-order valence-electron chi connectivity index (χ2n) is 4.75. The summed E-state index contributed by atoms with van der Waals surface area (Å²) in [5.41, 5.74) is 4.83. The molecule has 0 saturated carbocycles. The molecule has 2 rings (SSSR count). The Morgan fingerprint density at radius 2 is 2.24 bits per heavy atom. The number of fused-ring (bicyclic) bond motifs is 1. The van der Waals surface area contributed by atoms with Gasteiger partial charge in [0, 0.05) is 25.5 Å². The number of thiocarbonyl (C=S) groups is 1. The fourth-order valence-electron chi connectivity index (χ4n) is 1.85. The van der Waals surface area contributed by atoms with E-state index in [-0.39, 0.29) is 10.9 Å². The fourth-order valence-corrected chi connectivity index (χ4v) is 1.93. The molecule has 17 heavy (non-hydrogen) atoms. The molecule has 0 unspecified atom stereocenters. The molecule has 1 amide bonds. The minimum atomic E-state index is -0.788. The molecule has 1 aromatic heterocycles. The molecule has 1 aromatic rings. The van der Waals surface area contributed by atoms with E-state index in [0.29, 0.717) is 13.1 Å². The summed E-state index contributed by atoms with van der Waals surface area (Å²) in [5.74, 6) is 0.877. The number of carbonyl (C=O) groups is 1. The maximum absolute atomic E-state index is 12.3. The standard InChI is InChI=1S/C11H16N4OS/c1-11(2,9(12)17)10(16)15-6-5-14-4-3-13-8(14)7-15/h3-4H,5-7H2,1-2H3,(H2,12,17). The van der Waals surface area contributed by atoms with Gasteiger partial charge in [-0.25, -0.2) is 4.98 Å². The largest absolute Gasteiger partial charge is 0.392 e. The summed E-state index contributed by atoms with van der Waals surface area (Å²) in [4.78, 5) is 18.5. The Bertz CT molecular complexity index is 466. The quantitative estimate of drug-likeness (QED) is 0.780. The number of amides is 1.